The molecular weight excluding hydrogens is 222 g/mol. The number of nitrogens with zero attached hydrogens (tertiary/aromatic N) is 3. The zero-order valence-electron chi connectivity index (χ0n) is 10.5. The summed E-state index contributed by atoms with van der Waals surface area (Å²) in [6.07, 6.45) is 11.4. The maximum atomic E-state index is 9.27. The highest BCUT2D eigenvalue weighted by Crippen LogP contribution is 2.60. The van der Waals surface area contributed by atoms with Gasteiger partial charge in [-0.3, -0.25) is 4.98 Å². The second kappa shape index (κ2) is 3.54. The minimum absolute atomic E-state index is 0.189. The second-order valence-corrected chi connectivity index (χ2v) is 6.56. The van der Waals surface area contributed by atoms with Gasteiger partial charge in [-0.1, -0.05) is 0 Å². The Morgan fingerprint density at radius 2 is 1.56 bits per heavy atom. The first-order valence-corrected chi connectivity index (χ1v) is 7.01. The summed E-state index contributed by atoms with van der Waals surface area (Å²) in [7, 11) is 0. The molecule has 0 saturated heterocycles. The Morgan fingerprint density at radius 1 is 1.00 bits per heavy atom. The summed E-state index contributed by atoms with van der Waals surface area (Å²) in [5.41, 5.74) is 1.76. The van der Waals surface area contributed by atoms with Gasteiger partial charge in [0.05, 0.1) is 5.69 Å². The van der Waals surface area contributed by atoms with Crippen molar-refractivity contribution in [2.75, 3.05) is 0 Å². The molecule has 5 rings (SSSR count). The van der Waals surface area contributed by atoms with Crippen LogP contribution in [0.3, 0.4) is 0 Å². The Bertz CT molecular complexity index is 494. The summed E-state index contributed by atoms with van der Waals surface area (Å²) in [6.45, 7) is 0. The van der Waals surface area contributed by atoms with Gasteiger partial charge in [-0.05, 0) is 56.3 Å². The molecule has 3 nitrogen and oxygen atoms in total. The van der Waals surface area contributed by atoms with Gasteiger partial charge in [-0.15, -0.1) is 0 Å². The predicted octanol–water partition coefficient (Wildman–Crippen LogP) is 2.82. The molecule has 0 radical (unpaired) electrons. The van der Waals surface area contributed by atoms with Crippen LogP contribution < -0.4 is 0 Å². The lowest BCUT2D eigenvalue weighted by atomic mass is 9.48. The van der Waals surface area contributed by atoms with Crippen molar-refractivity contribution >= 4 is 0 Å². The lowest BCUT2D eigenvalue weighted by Gasteiger charge is -2.56. The third kappa shape index (κ3) is 1.35. The number of hydrogen-bond acceptors (Lipinski definition) is 3. The van der Waals surface area contributed by atoms with Gasteiger partial charge in [0.25, 0.3) is 0 Å². The first kappa shape index (κ1) is 10.5. The summed E-state index contributed by atoms with van der Waals surface area (Å²) in [6, 6.07) is 2.25. The van der Waals surface area contributed by atoms with Crippen LogP contribution in [0, 0.1) is 29.1 Å². The van der Waals surface area contributed by atoms with Crippen molar-refractivity contribution < 1.29 is 0 Å². The lowest BCUT2D eigenvalue weighted by molar-refractivity contribution is -0.00751. The Labute approximate surface area is 107 Å². The van der Waals surface area contributed by atoms with Gasteiger partial charge in [0.15, 0.2) is 5.69 Å². The van der Waals surface area contributed by atoms with Gasteiger partial charge < -0.3 is 0 Å². The molecule has 1 aromatic rings. The fraction of sp³-hybridized carbons (Fsp3) is 0.667. The molecule has 1 aromatic heterocycles. The normalized spacial score (nSPS) is 40.7. The quantitative estimate of drug-likeness (QED) is 0.757. The van der Waals surface area contributed by atoms with E-state index in [-0.39, 0.29) is 5.41 Å². The van der Waals surface area contributed by atoms with E-state index in [0.717, 1.165) is 23.4 Å². The van der Waals surface area contributed by atoms with E-state index in [1.54, 1.807) is 12.4 Å². The molecule has 92 valence electrons. The molecule has 1 heterocycles. The molecule has 4 aliphatic carbocycles. The fourth-order valence-electron chi connectivity index (χ4n) is 5.21. The molecule has 0 aromatic carbocycles. The Morgan fingerprint density at radius 3 is 2.11 bits per heavy atom. The Balaban J connectivity index is 1.82. The minimum Gasteiger partial charge on any atom is -0.256 e. The Hall–Kier alpha value is -1.43. The van der Waals surface area contributed by atoms with Crippen LogP contribution in [-0.4, -0.2) is 9.97 Å². The van der Waals surface area contributed by atoms with Crippen molar-refractivity contribution in [2.45, 2.75) is 43.9 Å². The zero-order chi connectivity index (χ0) is 12.2. The molecule has 0 N–H and O–H groups in total. The van der Waals surface area contributed by atoms with Crippen molar-refractivity contribution in [3.8, 4) is 6.07 Å². The minimum atomic E-state index is 0.189. The van der Waals surface area contributed by atoms with E-state index in [1.807, 2.05) is 0 Å². The van der Waals surface area contributed by atoms with E-state index in [1.165, 1.54) is 38.5 Å². The van der Waals surface area contributed by atoms with Gasteiger partial charge in [0, 0.05) is 17.8 Å². The third-order valence-electron chi connectivity index (χ3n) is 5.34. The summed E-state index contributed by atoms with van der Waals surface area (Å²) in [5.74, 6) is 2.64. The van der Waals surface area contributed by atoms with Crippen LogP contribution in [0.15, 0.2) is 12.4 Å². The predicted molar refractivity (Wildman–Crippen MR) is 66.6 cm³/mol. The molecule has 0 amide bonds. The van der Waals surface area contributed by atoms with Crippen molar-refractivity contribution in [1.29, 1.82) is 5.26 Å². The second-order valence-electron chi connectivity index (χ2n) is 6.56. The highest BCUT2D eigenvalue weighted by molar-refractivity contribution is 5.34. The molecule has 4 aliphatic rings. The average Bonchev–Trinajstić information content (AvgIpc) is 2.37. The molecule has 4 fully saturated rings. The molecule has 0 spiro atoms. The smallest absolute Gasteiger partial charge is 0.162 e. The van der Waals surface area contributed by atoms with Crippen LogP contribution in [0.25, 0.3) is 0 Å². The maximum absolute atomic E-state index is 9.27. The summed E-state index contributed by atoms with van der Waals surface area (Å²) in [5, 5.41) is 9.27. The largest absolute Gasteiger partial charge is 0.256 e. The van der Waals surface area contributed by atoms with Gasteiger partial charge in [-0.25, -0.2) is 4.98 Å². The molecule has 4 saturated carbocycles. The molecule has 18 heavy (non-hydrogen) atoms. The van der Waals surface area contributed by atoms with Crippen molar-refractivity contribution in [1.82, 2.24) is 9.97 Å². The highest BCUT2D eigenvalue weighted by atomic mass is 14.8. The van der Waals surface area contributed by atoms with E-state index in [9.17, 15) is 5.26 Å². The van der Waals surface area contributed by atoms with Crippen LogP contribution in [0.4, 0.5) is 0 Å². The fourth-order valence-corrected chi connectivity index (χ4v) is 5.21. The SMILES string of the molecule is N#Cc1nccnc1C12CC3CC(CC(C3)C1)C2. The van der Waals surface area contributed by atoms with Crippen LogP contribution in [0.2, 0.25) is 0 Å². The zero-order valence-corrected chi connectivity index (χ0v) is 10.5. The maximum Gasteiger partial charge on any atom is 0.162 e. The molecule has 4 bridgehead atoms. The van der Waals surface area contributed by atoms with E-state index in [4.69, 9.17) is 0 Å². The molecule has 0 atom stereocenters. The van der Waals surface area contributed by atoms with Gasteiger partial charge in [-0.2, -0.15) is 5.26 Å². The van der Waals surface area contributed by atoms with Gasteiger partial charge >= 0.3 is 0 Å². The molecule has 3 heteroatoms. The van der Waals surface area contributed by atoms with E-state index in [0.29, 0.717) is 5.69 Å². The van der Waals surface area contributed by atoms with Crippen LogP contribution >= 0.6 is 0 Å². The van der Waals surface area contributed by atoms with Crippen LogP contribution in [0.5, 0.6) is 0 Å². The number of rotatable bonds is 1. The van der Waals surface area contributed by atoms with Crippen LogP contribution in [-0.2, 0) is 5.41 Å². The van der Waals surface area contributed by atoms with Crippen molar-refractivity contribution in [3.63, 3.8) is 0 Å². The first-order valence-electron chi connectivity index (χ1n) is 7.01. The van der Waals surface area contributed by atoms with E-state index in [2.05, 4.69) is 16.0 Å². The third-order valence-corrected chi connectivity index (χ3v) is 5.34. The average molecular weight is 239 g/mol. The molecule has 0 aliphatic heterocycles. The van der Waals surface area contributed by atoms with Crippen molar-refractivity contribution in [2.24, 2.45) is 17.8 Å². The van der Waals surface area contributed by atoms with Gasteiger partial charge in [0.2, 0.25) is 0 Å². The molecule has 0 unspecified atom stereocenters. The summed E-state index contributed by atoms with van der Waals surface area (Å²) >= 11 is 0. The first-order chi connectivity index (χ1) is 8.79. The standard InChI is InChI=1S/C15H17N3/c16-9-13-14(18-2-1-17-13)15-6-10-3-11(7-15)5-12(4-10)8-15/h1-2,10-12H,3-8H2. The topological polar surface area (TPSA) is 49.6 Å². The Kier molecular flexibility index (Phi) is 2.06. The summed E-state index contributed by atoms with van der Waals surface area (Å²) in [4.78, 5) is 8.79. The lowest BCUT2D eigenvalue weighted by Crippen LogP contribution is -2.49. The van der Waals surface area contributed by atoms with Gasteiger partial charge in [0.1, 0.15) is 6.07 Å². The van der Waals surface area contributed by atoms with E-state index >= 15 is 0 Å². The molecular formula is C15H17N3. The summed E-state index contributed by atoms with van der Waals surface area (Å²) < 4.78 is 0. The monoisotopic (exact) mass is 239 g/mol. The van der Waals surface area contributed by atoms with Crippen molar-refractivity contribution in [3.05, 3.63) is 23.8 Å². The number of aromatic nitrogens is 2. The van der Waals surface area contributed by atoms with Crippen LogP contribution in [0.1, 0.15) is 49.9 Å². The van der Waals surface area contributed by atoms with E-state index < -0.39 is 0 Å². The highest BCUT2D eigenvalue weighted by Gasteiger charge is 2.53. The number of hydrogen-bond donors (Lipinski definition) is 0. The number of nitriles is 1.